The SMILES string of the molecule is O=C(S)NC(c1ccc(N2CCOCC2)c(F)c1)c1cn[nH]n1. The molecule has 122 valence electrons. The van der Waals surface area contributed by atoms with Gasteiger partial charge in [-0.25, -0.2) is 4.39 Å². The van der Waals surface area contributed by atoms with Crippen LogP contribution in [0.4, 0.5) is 14.9 Å². The van der Waals surface area contributed by atoms with Crippen LogP contribution in [0.25, 0.3) is 0 Å². The lowest BCUT2D eigenvalue weighted by atomic mass is 10.0. The molecule has 1 amide bonds. The molecule has 0 bridgehead atoms. The Morgan fingerprint density at radius 3 is 2.83 bits per heavy atom. The third kappa shape index (κ3) is 3.62. The van der Waals surface area contributed by atoms with Gasteiger partial charge in [-0.15, -0.1) is 0 Å². The van der Waals surface area contributed by atoms with Gasteiger partial charge in [0, 0.05) is 13.1 Å². The first-order chi connectivity index (χ1) is 11.1. The molecular weight excluding hydrogens is 321 g/mol. The first-order valence-corrected chi connectivity index (χ1v) is 7.57. The van der Waals surface area contributed by atoms with Gasteiger partial charge in [0.1, 0.15) is 17.6 Å². The minimum Gasteiger partial charge on any atom is -0.378 e. The summed E-state index contributed by atoms with van der Waals surface area (Å²) in [5, 5.41) is 12.2. The summed E-state index contributed by atoms with van der Waals surface area (Å²) in [7, 11) is 0. The highest BCUT2D eigenvalue weighted by atomic mass is 32.1. The van der Waals surface area contributed by atoms with Crippen LogP contribution in [0.2, 0.25) is 0 Å². The van der Waals surface area contributed by atoms with Crippen LogP contribution < -0.4 is 10.2 Å². The van der Waals surface area contributed by atoms with Crippen molar-refractivity contribution in [2.45, 2.75) is 6.04 Å². The van der Waals surface area contributed by atoms with Gasteiger partial charge < -0.3 is 15.0 Å². The first kappa shape index (κ1) is 15.8. The number of hydrogen-bond acceptors (Lipinski definition) is 5. The topological polar surface area (TPSA) is 83.1 Å². The van der Waals surface area contributed by atoms with Crippen molar-refractivity contribution in [3.05, 3.63) is 41.5 Å². The van der Waals surface area contributed by atoms with E-state index in [0.29, 0.717) is 43.2 Å². The third-order valence-electron chi connectivity index (χ3n) is 3.65. The number of halogens is 1. The number of rotatable bonds is 4. The maximum absolute atomic E-state index is 14.5. The van der Waals surface area contributed by atoms with E-state index in [-0.39, 0.29) is 5.82 Å². The molecule has 1 aromatic heterocycles. The van der Waals surface area contributed by atoms with Crippen molar-refractivity contribution in [3.8, 4) is 0 Å². The van der Waals surface area contributed by atoms with Crippen LogP contribution in [0.1, 0.15) is 17.3 Å². The number of H-pyrrole nitrogens is 1. The minimum absolute atomic E-state index is 0.355. The fourth-order valence-corrected chi connectivity index (χ4v) is 2.69. The van der Waals surface area contributed by atoms with Crippen molar-refractivity contribution < 1.29 is 13.9 Å². The molecule has 1 fully saturated rings. The maximum Gasteiger partial charge on any atom is 0.276 e. The van der Waals surface area contributed by atoms with Gasteiger partial charge in [-0.05, 0) is 17.7 Å². The molecule has 9 heteroatoms. The van der Waals surface area contributed by atoms with Crippen LogP contribution in [0.5, 0.6) is 0 Å². The van der Waals surface area contributed by atoms with Crippen LogP contribution in [-0.4, -0.2) is 47.0 Å². The van der Waals surface area contributed by atoms with Crippen molar-refractivity contribution >= 4 is 23.6 Å². The number of aromatic amines is 1. The molecule has 23 heavy (non-hydrogen) atoms. The van der Waals surface area contributed by atoms with E-state index in [0.717, 1.165) is 0 Å². The first-order valence-electron chi connectivity index (χ1n) is 7.12. The number of carbonyl (C=O) groups is 1. The Balaban J connectivity index is 1.88. The minimum atomic E-state index is -0.619. The summed E-state index contributed by atoms with van der Waals surface area (Å²) in [4.78, 5) is 13.2. The Kier molecular flexibility index (Phi) is 4.77. The highest BCUT2D eigenvalue weighted by Gasteiger charge is 2.21. The summed E-state index contributed by atoms with van der Waals surface area (Å²) in [6, 6.07) is 4.24. The number of morpholine rings is 1. The van der Waals surface area contributed by atoms with Gasteiger partial charge in [-0.2, -0.15) is 15.4 Å². The van der Waals surface area contributed by atoms with E-state index in [1.165, 1.54) is 12.3 Å². The molecule has 2 heterocycles. The quantitative estimate of drug-likeness (QED) is 0.737. The number of anilines is 1. The summed E-state index contributed by atoms with van der Waals surface area (Å²) in [5.74, 6) is -0.355. The zero-order valence-electron chi connectivity index (χ0n) is 12.2. The lowest BCUT2D eigenvalue weighted by molar-refractivity contribution is 0.122. The largest absolute Gasteiger partial charge is 0.378 e. The molecule has 1 aromatic carbocycles. The standard InChI is InChI=1S/C14H16FN5O2S/c15-10-7-9(1-2-12(10)20-3-5-22-6-4-20)13(17-14(21)23)11-8-16-19-18-11/h1-2,7-8,13H,3-6H2,(H,16,18,19)(H2,17,21,23). The summed E-state index contributed by atoms with van der Waals surface area (Å²) < 4.78 is 19.8. The second kappa shape index (κ2) is 6.97. The Bertz CT molecular complexity index is 676. The van der Waals surface area contributed by atoms with Crippen molar-refractivity contribution in [2.75, 3.05) is 31.2 Å². The van der Waals surface area contributed by atoms with Crippen LogP contribution >= 0.6 is 12.6 Å². The zero-order chi connectivity index (χ0) is 16.2. The second-order valence-corrected chi connectivity index (χ2v) is 5.49. The fourth-order valence-electron chi connectivity index (χ4n) is 2.56. The molecule has 2 aromatic rings. The maximum atomic E-state index is 14.5. The molecule has 0 radical (unpaired) electrons. The molecule has 0 spiro atoms. The second-order valence-electron chi connectivity index (χ2n) is 5.09. The van der Waals surface area contributed by atoms with E-state index in [9.17, 15) is 9.18 Å². The zero-order valence-corrected chi connectivity index (χ0v) is 13.1. The van der Waals surface area contributed by atoms with Gasteiger partial charge >= 0.3 is 0 Å². The molecule has 1 aliphatic heterocycles. The molecule has 0 aliphatic carbocycles. The number of benzene rings is 1. The van der Waals surface area contributed by atoms with E-state index in [4.69, 9.17) is 4.74 Å². The Morgan fingerprint density at radius 2 is 2.22 bits per heavy atom. The van der Waals surface area contributed by atoms with Gasteiger partial charge in [-0.3, -0.25) is 4.79 Å². The molecule has 1 saturated heterocycles. The van der Waals surface area contributed by atoms with Gasteiger partial charge in [0.05, 0.1) is 25.1 Å². The van der Waals surface area contributed by atoms with E-state index < -0.39 is 11.3 Å². The lowest BCUT2D eigenvalue weighted by Crippen LogP contribution is -2.36. The van der Waals surface area contributed by atoms with E-state index >= 15 is 0 Å². The van der Waals surface area contributed by atoms with Gasteiger partial charge in [0.25, 0.3) is 5.24 Å². The van der Waals surface area contributed by atoms with Crippen LogP contribution in [0.15, 0.2) is 24.4 Å². The molecule has 7 nitrogen and oxygen atoms in total. The van der Waals surface area contributed by atoms with Gasteiger partial charge in [-0.1, -0.05) is 18.7 Å². The van der Waals surface area contributed by atoms with Crippen molar-refractivity contribution in [3.63, 3.8) is 0 Å². The number of ether oxygens (including phenoxy) is 1. The van der Waals surface area contributed by atoms with Gasteiger partial charge in [0.15, 0.2) is 0 Å². The normalized spacial score (nSPS) is 16.2. The van der Waals surface area contributed by atoms with Crippen molar-refractivity contribution in [1.29, 1.82) is 0 Å². The van der Waals surface area contributed by atoms with Crippen molar-refractivity contribution in [1.82, 2.24) is 20.7 Å². The number of amides is 1. The highest BCUT2D eigenvalue weighted by molar-refractivity contribution is 7.96. The number of carbonyl (C=O) groups excluding carboxylic acids is 1. The van der Waals surface area contributed by atoms with Gasteiger partial charge in [0.2, 0.25) is 0 Å². The number of nitrogens with zero attached hydrogens (tertiary/aromatic N) is 3. The fraction of sp³-hybridized carbons (Fsp3) is 0.357. The molecular formula is C14H16FN5O2S. The molecule has 0 saturated carbocycles. The smallest absolute Gasteiger partial charge is 0.276 e. The number of aromatic nitrogens is 3. The summed E-state index contributed by atoms with van der Waals surface area (Å²) in [5.41, 5.74) is 1.56. The van der Waals surface area contributed by atoms with E-state index in [1.807, 2.05) is 4.90 Å². The number of nitrogens with one attached hydrogen (secondary N) is 2. The van der Waals surface area contributed by atoms with E-state index in [1.54, 1.807) is 12.1 Å². The summed E-state index contributed by atoms with van der Waals surface area (Å²) >= 11 is 3.72. The van der Waals surface area contributed by atoms with Crippen LogP contribution in [0.3, 0.4) is 0 Å². The molecule has 2 N–H and O–H groups in total. The Morgan fingerprint density at radius 1 is 1.43 bits per heavy atom. The predicted molar refractivity (Wildman–Crippen MR) is 85.2 cm³/mol. The molecule has 1 unspecified atom stereocenters. The van der Waals surface area contributed by atoms with E-state index in [2.05, 4.69) is 33.4 Å². The average Bonchev–Trinajstić information content (AvgIpc) is 3.07. The average molecular weight is 337 g/mol. The number of thiol groups is 1. The highest BCUT2D eigenvalue weighted by Crippen LogP contribution is 2.27. The number of hydrogen-bond donors (Lipinski definition) is 3. The van der Waals surface area contributed by atoms with Crippen LogP contribution in [0, 0.1) is 5.82 Å². The summed E-state index contributed by atoms with van der Waals surface area (Å²) in [6.45, 7) is 2.46. The monoisotopic (exact) mass is 337 g/mol. The predicted octanol–water partition coefficient (Wildman–Crippen LogP) is 1.51. The Hall–Kier alpha value is -2.13. The lowest BCUT2D eigenvalue weighted by Gasteiger charge is -2.29. The Labute approximate surface area is 137 Å². The molecule has 1 aliphatic rings. The third-order valence-corrected chi connectivity index (χ3v) is 3.78. The summed E-state index contributed by atoms with van der Waals surface area (Å²) in [6.07, 6.45) is 1.47. The van der Waals surface area contributed by atoms with Crippen LogP contribution in [-0.2, 0) is 4.74 Å². The molecule has 1 atom stereocenters. The van der Waals surface area contributed by atoms with Crippen molar-refractivity contribution in [2.24, 2.45) is 0 Å². The molecule has 3 rings (SSSR count).